The van der Waals surface area contributed by atoms with E-state index in [4.69, 9.17) is 4.74 Å². The molecule has 1 amide bonds. The third-order valence-corrected chi connectivity index (χ3v) is 10.7. The molecule has 2 aliphatic heterocycles. The first-order valence-electron chi connectivity index (χ1n) is 9.35. The summed E-state index contributed by atoms with van der Waals surface area (Å²) in [4.78, 5) is 13.2. The van der Waals surface area contributed by atoms with Crippen LogP contribution in [0.25, 0.3) is 0 Å². The molecule has 2 saturated heterocycles. The first kappa shape index (κ1) is 21.2. The summed E-state index contributed by atoms with van der Waals surface area (Å²) in [6, 6.07) is 9.34. The summed E-state index contributed by atoms with van der Waals surface area (Å²) in [6.07, 6.45) is 1.22. The fourth-order valence-corrected chi connectivity index (χ4v) is 8.80. The highest BCUT2D eigenvalue weighted by Crippen LogP contribution is 2.44. The maximum atomic E-state index is 13.0. The van der Waals surface area contributed by atoms with Crippen molar-refractivity contribution in [1.29, 1.82) is 0 Å². The number of nitrogens with zero attached hydrogens (tertiary/aromatic N) is 1. The van der Waals surface area contributed by atoms with Gasteiger partial charge < -0.3 is 10.1 Å². The SMILES string of the molecule is O=C(Nc1cccc(C2SCCCS2)c1)c1sccc1S(=O)(=O)N1CCOCC1. The number of ether oxygens (including phenoxy) is 1. The van der Waals surface area contributed by atoms with Gasteiger partial charge >= 0.3 is 0 Å². The topological polar surface area (TPSA) is 75.7 Å². The number of nitrogens with one attached hydrogen (secondary N) is 1. The summed E-state index contributed by atoms with van der Waals surface area (Å²) in [5, 5.41) is 4.53. The van der Waals surface area contributed by atoms with Crippen LogP contribution in [0.5, 0.6) is 0 Å². The number of anilines is 1. The van der Waals surface area contributed by atoms with Crippen LogP contribution in [-0.4, -0.2) is 56.4 Å². The Morgan fingerprint density at radius 1 is 1.14 bits per heavy atom. The van der Waals surface area contributed by atoms with Gasteiger partial charge in [-0.05, 0) is 47.1 Å². The van der Waals surface area contributed by atoms with Crippen molar-refractivity contribution in [1.82, 2.24) is 4.31 Å². The van der Waals surface area contributed by atoms with Gasteiger partial charge in [0.15, 0.2) is 0 Å². The lowest BCUT2D eigenvalue weighted by Gasteiger charge is -2.26. The van der Waals surface area contributed by atoms with Gasteiger partial charge in [0.05, 0.1) is 17.8 Å². The standard InChI is InChI=1S/C19H22N2O4S4/c22-18(20-15-4-1-3-14(13-15)19-27-10-2-11-28-19)17-16(5-12-26-17)29(23,24)21-6-8-25-9-7-21/h1,3-5,12-13,19H,2,6-11H2,(H,20,22). The Morgan fingerprint density at radius 3 is 2.66 bits per heavy atom. The lowest BCUT2D eigenvalue weighted by atomic mass is 10.2. The van der Waals surface area contributed by atoms with Crippen molar-refractivity contribution in [2.75, 3.05) is 43.1 Å². The highest BCUT2D eigenvalue weighted by atomic mass is 32.2. The van der Waals surface area contributed by atoms with Gasteiger partial charge in [-0.1, -0.05) is 12.1 Å². The van der Waals surface area contributed by atoms with Crippen LogP contribution >= 0.6 is 34.9 Å². The normalized spacial score (nSPS) is 19.2. The molecule has 0 unspecified atom stereocenters. The third-order valence-electron chi connectivity index (χ3n) is 4.67. The first-order valence-corrected chi connectivity index (χ1v) is 13.8. The molecule has 0 saturated carbocycles. The number of sulfonamides is 1. The second kappa shape index (κ2) is 9.40. The van der Waals surface area contributed by atoms with E-state index in [0.29, 0.717) is 36.6 Å². The molecule has 0 radical (unpaired) electrons. The summed E-state index contributed by atoms with van der Waals surface area (Å²) in [7, 11) is -3.72. The number of hydrogen-bond donors (Lipinski definition) is 1. The van der Waals surface area contributed by atoms with E-state index in [1.165, 1.54) is 22.4 Å². The summed E-state index contributed by atoms with van der Waals surface area (Å²) < 4.78 is 33.0. The summed E-state index contributed by atoms with van der Waals surface area (Å²) in [5.74, 6) is 1.89. The predicted molar refractivity (Wildman–Crippen MR) is 121 cm³/mol. The van der Waals surface area contributed by atoms with E-state index < -0.39 is 15.9 Å². The highest BCUT2D eigenvalue weighted by Gasteiger charge is 2.31. The van der Waals surface area contributed by atoms with Gasteiger partial charge in [0.2, 0.25) is 10.0 Å². The number of hydrogen-bond acceptors (Lipinski definition) is 7. The Morgan fingerprint density at radius 2 is 1.90 bits per heavy atom. The van der Waals surface area contributed by atoms with Gasteiger partial charge in [-0.25, -0.2) is 8.42 Å². The van der Waals surface area contributed by atoms with Gasteiger partial charge in [0.25, 0.3) is 5.91 Å². The molecule has 3 heterocycles. The zero-order valence-electron chi connectivity index (χ0n) is 15.7. The molecule has 29 heavy (non-hydrogen) atoms. The molecule has 2 aromatic rings. The van der Waals surface area contributed by atoms with Crippen LogP contribution < -0.4 is 5.32 Å². The Balaban J connectivity index is 1.52. The largest absolute Gasteiger partial charge is 0.379 e. The van der Waals surface area contributed by atoms with Crippen molar-refractivity contribution in [3.63, 3.8) is 0 Å². The maximum absolute atomic E-state index is 13.0. The molecule has 10 heteroatoms. The summed E-state index contributed by atoms with van der Waals surface area (Å²) in [6.45, 7) is 1.35. The molecule has 1 aromatic heterocycles. The molecule has 2 aliphatic rings. The minimum Gasteiger partial charge on any atom is -0.379 e. The molecule has 6 nitrogen and oxygen atoms in total. The van der Waals surface area contributed by atoms with E-state index in [0.717, 1.165) is 22.8 Å². The monoisotopic (exact) mass is 470 g/mol. The van der Waals surface area contributed by atoms with Gasteiger partial charge in [0, 0.05) is 18.8 Å². The first-order chi connectivity index (χ1) is 14.1. The van der Waals surface area contributed by atoms with Crippen molar-refractivity contribution < 1.29 is 17.9 Å². The molecule has 0 spiro atoms. The van der Waals surface area contributed by atoms with Crippen molar-refractivity contribution >= 4 is 56.5 Å². The zero-order chi connectivity index (χ0) is 20.3. The molecule has 1 N–H and O–H groups in total. The second-order valence-electron chi connectivity index (χ2n) is 6.64. The van der Waals surface area contributed by atoms with Gasteiger partial charge in [-0.2, -0.15) is 4.31 Å². The van der Waals surface area contributed by atoms with Gasteiger partial charge in [0.1, 0.15) is 9.77 Å². The zero-order valence-corrected chi connectivity index (χ0v) is 19.0. The van der Waals surface area contributed by atoms with Crippen LogP contribution in [0.4, 0.5) is 5.69 Å². The van der Waals surface area contributed by atoms with Crippen LogP contribution in [0.3, 0.4) is 0 Å². The number of rotatable bonds is 5. The summed E-state index contributed by atoms with van der Waals surface area (Å²) >= 11 is 4.98. The molecule has 0 atom stereocenters. The highest BCUT2D eigenvalue weighted by molar-refractivity contribution is 8.16. The number of carbonyl (C=O) groups is 1. The smallest absolute Gasteiger partial charge is 0.267 e. The average Bonchev–Trinajstić information content (AvgIpc) is 3.26. The lowest BCUT2D eigenvalue weighted by molar-refractivity contribution is 0.0730. The van der Waals surface area contributed by atoms with E-state index >= 15 is 0 Å². The van der Waals surface area contributed by atoms with E-state index in [1.54, 1.807) is 5.38 Å². The van der Waals surface area contributed by atoms with Gasteiger partial charge in [-0.3, -0.25) is 4.79 Å². The van der Waals surface area contributed by atoms with Crippen LogP contribution in [0.15, 0.2) is 40.6 Å². The van der Waals surface area contributed by atoms with Crippen molar-refractivity contribution in [2.45, 2.75) is 15.9 Å². The van der Waals surface area contributed by atoms with E-state index in [2.05, 4.69) is 11.4 Å². The fourth-order valence-electron chi connectivity index (χ4n) is 3.22. The number of carbonyl (C=O) groups excluding carboxylic acids is 1. The van der Waals surface area contributed by atoms with Crippen LogP contribution in [-0.2, 0) is 14.8 Å². The molecule has 0 bridgehead atoms. The Kier molecular flexibility index (Phi) is 6.87. The Hall–Kier alpha value is -1.04. The van der Waals surface area contributed by atoms with Crippen molar-refractivity contribution in [3.05, 3.63) is 46.2 Å². The van der Waals surface area contributed by atoms with E-state index in [-0.39, 0.29) is 9.77 Å². The van der Waals surface area contributed by atoms with Crippen molar-refractivity contribution in [3.8, 4) is 0 Å². The Labute approximate surface area is 183 Å². The molecule has 156 valence electrons. The lowest BCUT2D eigenvalue weighted by Crippen LogP contribution is -2.41. The Bertz CT molecular complexity index is 964. The molecule has 4 rings (SSSR count). The molecule has 1 aromatic carbocycles. The van der Waals surface area contributed by atoms with Crippen LogP contribution in [0.1, 0.15) is 26.2 Å². The average molecular weight is 471 g/mol. The number of benzene rings is 1. The number of amides is 1. The van der Waals surface area contributed by atoms with Gasteiger partial charge in [-0.15, -0.1) is 34.9 Å². The van der Waals surface area contributed by atoms with E-state index in [1.807, 2.05) is 41.7 Å². The molecule has 2 fully saturated rings. The molecular weight excluding hydrogens is 448 g/mol. The number of morpholine rings is 1. The molecular formula is C19H22N2O4S4. The third kappa shape index (κ3) is 4.83. The minimum atomic E-state index is -3.72. The number of thiophene rings is 1. The second-order valence-corrected chi connectivity index (χ2v) is 12.2. The van der Waals surface area contributed by atoms with E-state index in [9.17, 15) is 13.2 Å². The fraction of sp³-hybridized carbons (Fsp3) is 0.421. The van der Waals surface area contributed by atoms with Crippen LogP contribution in [0.2, 0.25) is 0 Å². The quantitative estimate of drug-likeness (QED) is 0.715. The van der Waals surface area contributed by atoms with Crippen molar-refractivity contribution in [2.24, 2.45) is 0 Å². The molecule has 0 aliphatic carbocycles. The maximum Gasteiger partial charge on any atom is 0.267 e. The number of thioether (sulfide) groups is 2. The predicted octanol–water partition coefficient (Wildman–Crippen LogP) is 3.89. The minimum absolute atomic E-state index is 0.0662. The van der Waals surface area contributed by atoms with Crippen LogP contribution in [0, 0.1) is 0 Å². The summed E-state index contributed by atoms with van der Waals surface area (Å²) in [5.41, 5.74) is 1.85.